The number of anilines is 1. The molecule has 0 aliphatic rings. The molecule has 8 heteroatoms. The van der Waals surface area contributed by atoms with Gasteiger partial charge in [0.15, 0.2) is 6.04 Å². The summed E-state index contributed by atoms with van der Waals surface area (Å²) < 4.78 is 44.2. The van der Waals surface area contributed by atoms with E-state index in [9.17, 15) is 18.0 Å². The van der Waals surface area contributed by atoms with Gasteiger partial charge in [-0.1, -0.05) is 30.3 Å². The topological polar surface area (TPSA) is 63.2 Å². The summed E-state index contributed by atoms with van der Waals surface area (Å²) in [5, 5.41) is 4.21. The molecule has 1 atom stereocenters. The number of alkyl halides is 3. The molecule has 1 aromatic heterocycles. The standard InChI is InChI=1S/C15H14F3N3O2/c1-23-12-8-7-11(9-19-12)20-14(22)21-13(15(16,17)18)10-5-3-2-4-6-10/h2-9,13H,1H3,(H2,20,21,22). The number of rotatable bonds is 4. The quantitative estimate of drug-likeness (QED) is 0.904. The smallest absolute Gasteiger partial charge is 0.412 e. The first-order valence-corrected chi connectivity index (χ1v) is 6.59. The third kappa shape index (κ3) is 4.60. The Morgan fingerprint density at radius 2 is 1.87 bits per heavy atom. The highest BCUT2D eigenvalue weighted by atomic mass is 19.4. The number of hydrogen-bond donors (Lipinski definition) is 2. The summed E-state index contributed by atoms with van der Waals surface area (Å²) in [6.07, 6.45) is -3.33. The third-order valence-electron chi connectivity index (χ3n) is 2.94. The lowest BCUT2D eigenvalue weighted by molar-refractivity contribution is -0.154. The van der Waals surface area contributed by atoms with Crippen molar-refractivity contribution in [1.29, 1.82) is 0 Å². The first kappa shape index (κ1) is 16.6. The van der Waals surface area contributed by atoms with E-state index in [1.165, 1.54) is 49.7 Å². The molecule has 1 unspecified atom stereocenters. The van der Waals surface area contributed by atoms with Crippen LogP contribution in [0.3, 0.4) is 0 Å². The van der Waals surface area contributed by atoms with Gasteiger partial charge in [-0.3, -0.25) is 0 Å². The number of nitrogens with one attached hydrogen (secondary N) is 2. The van der Waals surface area contributed by atoms with E-state index in [-0.39, 0.29) is 11.3 Å². The average molecular weight is 325 g/mol. The van der Waals surface area contributed by atoms with Crippen LogP contribution in [0.5, 0.6) is 5.88 Å². The SMILES string of the molecule is COc1ccc(NC(=O)NC(c2ccccc2)C(F)(F)F)cn1. The highest BCUT2D eigenvalue weighted by Gasteiger charge is 2.41. The van der Waals surface area contributed by atoms with Gasteiger partial charge in [0.05, 0.1) is 19.0 Å². The minimum Gasteiger partial charge on any atom is -0.481 e. The Morgan fingerprint density at radius 1 is 1.17 bits per heavy atom. The van der Waals surface area contributed by atoms with E-state index >= 15 is 0 Å². The van der Waals surface area contributed by atoms with E-state index in [1.54, 1.807) is 6.07 Å². The molecule has 1 aromatic carbocycles. The Labute approximate surface area is 130 Å². The van der Waals surface area contributed by atoms with Crippen LogP contribution < -0.4 is 15.4 Å². The number of hydrogen-bond acceptors (Lipinski definition) is 3. The average Bonchev–Trinajstić information content (AvgIpc) is 2.53. The molecule has 0 spiro atoms. The lowest BCUT2D eigenvalue weighted by Gasteiger charge is -2.22. The van der Waals surface area contributed by atoms with Gasteiger partial charge in [0.2, 0.25) is 5.88 Å². The monoisotopic (exact) mass is 325 g/mol. The van der Waals surface area contributed by atoms with Gasteiger partial charge < -0.3 is 15.4 Å². The molecule has 0 aliphatic carbocycles. The highest BCUT2D eigenvalue weighted by molar-refractivity contribution is 5.89. The molecule has 0 bridgehead atoms. The van der Waals surface area contributed by atoms with Gasteiger partial charge in [-0.15, -0.1) is 0 Å². The number of methoxy groups -OCH3 is 1. The number of nitrogens with zero attached hydrogens (tertiary/aromatic N) is 1. The molecule has 0 radical (unpaired) electrons. The molecular weight excluding hydrogens is 311 g/mol. The second-order valence-electron chi connectivity index (χ2n) is 4.57. The minimum absolute atomic E-state index is 0.0528. The van der Waals surface area contributed by atoms with Gasteiger partial charge in [0.1, 0.15) is 0 Å². The van der Waals surface area contributed by atoms with Crippen LogP contribution in [0.25, 0.3) is 0 Å². The van der Waals surface area contributed by atoms with Gasteiger partial charge in [-0.25, -0.2) is 9.78 Å². The zero-order valence-electron chi connectivity index (χ0n) is 12.1. The molecule has 0 fully saturated rings. The van der Waals surface area contributed by atoms with Crippen molar-refractivity contribution in [1.82, 2.24) is 10.3 Å². The molecule has 2 rings (SSSR count). The molecule has 2 aromatic rings. The van der Waals surface area contributed by atoms with E-state index in [1.807, 2.05) is 5.32 Å². The number of ether oxygens (including phenoxy) is 1. The van der Waals surface area contributed by atoms with Crippen LogP contribution in [0.2, 0.25) is 0 Å². The maximum absolute atomic E-state index is 13.1. The number of aromatic nitrogens is 1. The summed E-state index contributed by atoms with van der Waals surface area (Å²) in [6, 6.07) is 7.01. The zero-order chi connectivity index (χ0) is 16.9. The Kier molecular flexibility index (Phi) is 5.05. The van der Waals surface area contributed by atoms with Crippen molar-refractivity contribution < 1.29 is 22.7 Å². The maximum Gasteiger partial charge on any atom is 0.412 e. The van der Waals surface area contributed by atoms with Gasteiger partial charge in [-0.05, 0) is 11.6 Å². The van der Waals surface area contributed by atoms with Crippen LogP contribution in [0, 0.1) is 0 Å². The third-order valence-corrected chi connectivity index (χ3v) is 2.94. The molecule has 122 valence electrons. The molecule has 2 N–H and O–H groups in total. The largest absolute Gasteiger partial charge is 0.481 e. The van der Waals surface area contributed by atoms with Gasteiger partial charge in [0, 0.05) is 6.07 Å². The number of benzene rings is 1. The molecule has 23 heavy (non-hydrogen) atoms. The number of urea groups is 1. The fourth-order valence-corrected chi connectivity index (χ4v) is 1.87. The van der Waals surface area contributed by atoms with E-state index in [0.29, 0.717) is 5.88 Å². The Morgan fingerprint density at radius 3 is 2.39 bits per heavy atom. The van der Waals surface area contributed by atoms with Gasteiger partial charge in [-0.2, -0.15) is 13.2 Å². The molecule has 0 aliphatic heterocycles. The summed E-state index contributed by atoms with van der Waals surface area (Å²) in [6.45, 7) is 0. The lowest BCUT2D eigenvalue weighted by atomic mass is 10.1. The van der Waals surface area contributed by atoms with Crippen LogP contribution in [0.1, 0.15) is 11.6 Å². The van der Waals surface area contributed by atoms with Crippen molar-refractivity contribution in [3.05, 3.63) is 54.2 Å². The van der Waals surface area contributed by atoms with Crippen molar-refractivity contribution in [3.63, 3.8) is 0 Å². The van der Waals surface area contributed by atoms with Gasteiger partial charge >= 0.3 is 12.2 Å². The maximum atomic E-state index is 13.1. The number of pyridine rings is 1. The van der Waals surface area contributed by atoms with Crippen molar-refractivity contribution in [3.8, 4) is 5.88 Å². The summed E-state index contributed by atoms with van der Waals surface area (Å²) >= 11 is 0. The van der Waals surface area contributed by atoms with Gasteiger partial charge in [0.25, 0.3) is 0 Å². The summed E-state index contributed by atoms with van der Waals surface area (Å²) in [5.74, 6) is 0.327. The fraction of sp³-hybridized carbons (Fsp3) is 0.200. The number of carbonyl (C=O) groups excluding carboxylic acids is 1. The number of halogens is 3. The van der Waals surface area contributed by atoms with E-state index in [2.05, 4.69) is 10.3 Å². The normalized spacial score (nSPS) is 12.3. The highest BCUT2D eigenvalue weighted by Crippen LogP contribution is 2.32. The van der Waals surface area contributed by atoms with Crippen LogP contribution in [0.15, 0.2) is 48.7 Å². The van der Waals surface area contributed by atoms with Crippen molar-refractivity contribution in [2.24, 2.45) is 0 Å². The predicted molar refractivity (Wildman–Crippen MR) is 78.2 cm³/mol. The van der Waals surface area contributed by atoms with E-state index in [4.69, 9.17) is 4.74 Å². The molecular formula is C15H14F3N3O2. The fourth-order valence-electron chi connectivity index (χ4n) is 1.87. The molecule has 2 amide bonds. The van der Waals surface area contributed by atoms with Crippen molar-refractivity contribution in [2.45, 2.75) is 12.2 Å². The Balaban J connectivity index is 2.08. The number of amides is 2. The Bertz CT molecular complexity index is 645. The van der Waals surface area contributed by atoms with Crippen LogP contribution in [-0.4, -0.2) is 24.3 Å². The van der Waals surface area contributed by atoms with Crippen LogP contribution in [0.4, 0.5) is 23.7 Å². The van der Waals surface area contributed by atoms with Crippen LogP contribution in [-0.2, 0) is 0 Å². The van der Waals surface area contributed by atoms with E-state index < -0.39 is 18.2 Å². The number of carbonyl (C=O) groups is 1. The Hall–Kier alpha value is -2.77. The second-order valence-corrected chi connectivity index (χ2v) is 4.57. The van der Waals surface area contributed by atoms with Crippen molar-refractivity contribution in [2.75, 3.05) is 12.4 Å². The molecule has 0 saturated heterocycles. The predicted octanol–water partition coefficient (Wildman–Crippen LogP) is 3.52. The van der Waals surface area contributed by atoms with Crippen molar-refractivity contribution >= 4 is 11.7 Å². The minimum atomic E-state index is -4.61. The first-order chi connectivity index (χ1) is 10.9. The summed E-state index contributed by atoms with van der Waals surface area (Å²) in [5.41, 5.74) is 0.195. The van der Waals surface area contributed by atoms with E-state index in [0.717, 1.165) is 0 Å². The summed E-state index contributed by atoms with van der Waals surface area (Å²) in [4.78, 5) is 15.7. The molecule has 1 heterocycles. The van der Waals surface area contributed by atoms with Crippen LogP contribution >= 0.6 is 0 Å². The zero-order valence-corrected chi connectivity index (χ0v) is 12.1. The molecule has 5 nitrogen and oxygen atoms in total. The first-order valence-electron chi connectivity index (χ1n) is 6.59. The lowest BCUT2D eigenvalue weighted by Crippen LogP contribution is -2.40. The second kappa shape index (κ2) is 6.99. The summed E-state index contributed by atoms with van der Waals surface area (Å²) in [7, 11) is 1.43. The molecule has 0 saturated carbocycles.